The van der Waals surface area contributed by atoms with Gasteiger partial charge in [-0.15, -0.1) is 47.0 Å². The van der Waals surface area contributed by atoms with Gasteiger partial charge in [0.2, 0.25) is 0 Å². The minimum absolute atomic E-state index is 0.619. The molecule has 92 valence electrons. The maximum absolute atomic E-state index is 2.29. The third-order valence-corrected chi connectivity index (χ3v) is 10.6. The Kier molecular flexibility index (Phi) is 4.03. The number of hydrogen-bond acceptors (Lipinski definition) is 4. The summed E-state index contributed by atoms with van der Waals surface area (Å²) in [6.45, 7) is 0. The molecular formula is C12H20S4. The Bertz CT molecular complexity index is 206. The van der Waals surface area contributed by atoms with Crippen molar-refractivity contribution in [2.45, 2.75) is 46.7 Å². The summed E-state index contributed by atoms with van der Waals surface area (Å²) in [7, 11) is 0. The molecule has 0 aromatic carbocycles. The Hall–Kier alpha value is 1.40. The van der Waals surface area contributed by atoms with Crippen molar-refractivity contribution in [3.63, 3.8) is 0 Å². The molecule has 0 bridgehead atoms. The highest BCUT2D eigenvalue weighted by molar-refractivity contribution is 8.20. The molecule has 0 unspecified atom stereocenters. The van der Waals surface area contributed by atoms with Crippen molar-refractivity contribution in [2.75, 3.05) is 23.0 Å². The van der Waals surface area contributed by atoms with Gasteiger partial charge in [0.1, 0.15) is 0 Å². The van der Waals surface area contributed by atoms with E-state index in [1.807, 2.05) is 0 Å². The van der Waals surface area contributed by atoms with Crippen molar-refractivity contribution in [3.05, 3.63) is 0 Å². The highest BCUT2D eigenvalue weighted by Gasteiger charge is 2.47. The van der Waals surface area contributed by atoms with E-state index in [1.165, 1.54) is 61.5 Å². The van der Waals surface area contributed by atoms with Gasteiger partial charge in [0.25, 0.3) is 0 Å². The number of thioether (sulfide) groups is 4. The van der Waals surface area contributed by atoms with Crippen LogP contribution in [0.2, 0.25) is 0 Å². The molecule has 0 radical (unpaired) electrons. The van der Waals surface area contributed by atoms with Crippen molar-refractivity contribution in [1.29, 1.82) is 0 Å². The summed E-state index contributed by atoms with van der Waals surface area (Å²) in [5, 5.41) is 0. The first-order valence-electron chi connectivity index (χ1n) is 6.39. The molecule has 0 nitrogen and oxygen atoms in total. The average molecular weight is 293 g/mol. The number of rotatable bonds is 0. The van der Waals surface area contributed by atoms with Crippen LogP contribution in [0.15, 0.2) is 0 Å². The fourth-order valence-electron chi connectivity index (χ4n) is 2.94. The lowest BCUT2D eigenvalue weighted by Gasteiger charge is -2.49. The van der Waals surface area contributed by atoms with E-state index in [-0.39, 0.29) is 0 Å². The third kappa shape index (κ3) is 2.55. The fraction of sp³-hybridized carbons (Fsp3) is 1.00. The van der Waals surface area contributed by atoms with E-state index in [0.717, 1.165) is 0 Å². The van der Waals surface area contributed by atoms with Crippen LogP contribution in [0.5, 0.6) is 0 Å². The average Bonchev–Trinajstić information content (AvgIpc) is 2.31. The molecule has 4 heteroatoms. The lowest BCUT2D eigenvalue weighted by Crippen LogP contribution is -2.40. The largest absolute Gasteiger partial charge is 0.144 e. The molecule has 0 aromatic rings. The molecule has 0 amide bonds. The van der Waals surface area contributed by atoms with Gasteiger partial charge in [-0.3, -0.25) is 0 Å². The first-order chi connectivity index (χ1) is 7.83. The second kappa shape index (κ2) is 5.18. The smallest absolute Gasteiger partial charge is 0.0632 e. The van der Waals surface area contributed by atoms with Gasteiger partial charge < -0.3 is 0 Å². The van der Waals surface area contributed by atoms with Crippen LogP contribution in [0.25, 0.3) is 0 Å². The molecule has 3 aliphatic rings. The predicted octanol–water partition coefficient (Wildman–Crippen LogP) is 4.69. The van der Waals surface area contributed by atoms with Crippen LogP contribution in [-0.2, 0) is 0 Å². The van der Waals surface area contributed by atoms with Gasteiger partial charge in [0.05, 0.1) is 8.16 Å². The molecule has 0 N–H and O–H groups in total. The molecule has 2 heterocycles. The first-order valence-corrected chi connectivity index (χ1v) is 10.3. The van der Waals surface area contributed by atoms with Crippen LogP contribution in [0, 0.1) is 0 Å². The summed E-state index contributed by atoms with van der Waals surface area (Å²) in [5.41, 5.74) is 0. The van der Waals surface area contributed by atoms with Crippen LogP contribution in [0.3, 0.4) is 0 Å². The summed E-state index contributed by atoms with van der Waals surface area (Å²) in [6, 6.07) is 0. The zero-order valence-electron chi connectivity index (χ0n) is 9.70. The minimum Gasteiger partial charge on any atom is -0.144 e. The van der Waals surface area contributed by atoms with Gasteiger partial charge in [-0.25, -0.2) is 0 Å². The Morgan fingerprint density at radius 2 is 1.00 bits per heavy atom. The van der Waals surface area contributed by atoms with E-state index in [0.29, 0.717) is 8.16 Å². The van der Waals surface area contributed by atoms with E-state index < -0.39 is 0 Å². The van der Waals surface area contributed by atoms with E-state index in [2.05, 4.69) is 47.0 Å². The van der Waals surface area contributed by atoms with Crippen molar-refractivity contribution in [2.24, 2.45) is 0 Å². The van der Waals surface area contributed by atoms with E-state index in [9.17, 15) is 0 Å². The highest BCUT2D eigenvalue weighted by atomic mass is 32.2. The standard InChI is InChI=1S/C12H20S4/c1-4-11(13-6-2-7-14-11)10-12(5-1)15-8-3-9-16-12/h1-10H2. The monoisotopic (exact) mass is 292 g/mol. The van der Waals surface area contributed by atoms with Crippen LogP contribution in [0.1, 0.15) is 38.5 Å². The SMILES string of the molecule is C1CSC2(CCCC3(C2)SCCCS3)SC1. The molecule has 2 aliphatic heterocycles. The Balaban J connectivity index is 1.72. The topological polar surface area (TPSA) is 0 Å². The summed E-state index contributed by atoms with van der Waals surface area (Å²) < 4.78 is 1.24. The van der Waals surface area contributed by atoms with E-state index in [1.54, 1.807) is 0 Å². The zero-order valence-corrected chi connectivity index (χ0v) is 13.0. The van der Waals surface area contributed by atoms with Crippen LogP contribution < -0.4 is 0 Å². The molecule has 1 saturated carbocycles. The molecule has 0 atom stereocenters. The van der Waals surface area contributed by atoms with Gasteiger partial charge in [0, 0.05) is 0 Å². The first kappa shape index (κ1) is 12.4. The maximum atomic E-state index is 2.29. The summed E-state index contributed by atoms with van der Waals surface area (Å²) >= 11 is 9.16. The van der Waals surface area contributed by atoms with Crippen molar-refractivity contribution < 1.29 is 0 Å². The van der Waals surface area contributed by atoms with Crippen molar-refractivity contribution in [3.8, 4) is 0 Å². The lowest BCUT2D eigenvalue weighted by atomic mass is 9.98. The van der Waals surface area contributed by atoms with Gasteiger partial charge in [-0.05, 0) is 61.5 Å². The van der Waals surface area contributed by atoms with Crippen LogP contribution in [-0.4, -0.2) is 31.2 Å². The van der Waals surface area contributed by atoms with Gasteiger partial charge in [-0.2, -0.15) is 0 Å². The molecule has 1 aliphatic carbocycles. The molecule has 0 aromatic heterocycles. The quantitative estimate of drug-likeness (QED) is 0.634. The molecule has 16 heavy (non-hydrogen) atoms. The third-order valence-electron chi connectivity index (χ3n) is 3.69. The molecule has 2 spiro atoms. The van der Waals surface area contributed by atoms with Gasteiger partial charge in [0.15, 0.2) is 0 Å². The summed E-state index contributed by atoms with van der Waals surface area (Å²) in [6.07, 6.45) is 8.77. The number of hydrogen-bond donors (Lipinski definition) is 0. The summed E-state index contributed by atoms with van der Waals surface area (Å²) in [4.78, 5) is 0. The summed E-state index contributed by atoms with van der Waals surface area (Å²) in [5.74, 6) is 5.66. The van der Waals surface area contributed by atoms with Gasteiger partial charge in [-0.1, -0.05) is 0 Å². The zero-order chi connectivity index (χ0) is 10.9. The van der Waals surface area contributed by atoms with Crippen molar-refractivity contribution in [1.82, 2.24) is 0 Å². The Labute approximate surface area is 116 Å². The maximum Gasteiger partial charge on any atom is 0.0632 e. The van der Waals surface area contributed by atoms with E-state index >= 15 is 0 Å². The molecule has 3 fully saturated rings. The predicted molar refractivity (Wildman–Crippen MR) is 83.0 cm³/mol. The molecular weight excluding hydrogens is 272 g/mol. The lowest BCUT2D eigenvalue weighted by molar-refractivity contribution is 0.474. The van der Waals surface area contributed by atoms with Crippen molar-refractivity contribution >= 4 is 47.0 Å². The normalized spacial score (nSPS) is 33.0. The van der Waals surface area contributed by atoms with Gasteiger partial charge >= 0.3 is 0 Å². The Morgan fingerprint density at radius 1 is 0.562 bits per heavy atom. The molecule has 2 saturated heterocycles. The molecule has 3 rings (SSSR count). The van der Waals surface area contributed by atoms with Crippen LogP contribution >= 0.6 is 47.0 Å². The second-order valence-corrected chi connectivity index (χ2v) is 11.4. The highest BCUT2D eigenvalue weighted by Crippen LogP contribution is 2.61. The second-order valence-electron chi connectivity index (χ2n) is 4.95. The minimum atomic E-state index is 0.619. The van der Waals surface area contributed by atoms with E-state index in [4.69, 9.17) is 0 Å². The fourth-order valence-corrected chi connectivity index (χ4v) is 10.5. The van der Waals surface area contributed by atoms with Crippen LogP contribution in [0.4, 0.5) is 0 Å². The Morgan fingerprint density at radius 3 is 1.44 bits per heavy atom.